The fourth-order valence-electron chi connectivity index (χ4n) is 2.56. The summed E-state index contributed by atoms with van der Waals surface area (Å²) in [6, 6.07) is 2.77. The molecule has 0 bridgehead atoms. The van der Waals surface area contributed by atoms with Crippen LogP contribution in [0.25, 0.3) is 0 Å². The van der Waals surface area contributed by atoms with Crippen LogP contribution in [0.15, 0.2) is 12.1 Å². The number of β-amino-alcohol motifs (C(OH)–C–C–N with tert-alkyl or cyclic N) is 1. The highest BCUT2D eigenvalue weighted by molar-refractivity contribution is 5.51. The number of halogens is 2. The zero-order valence-corrected chi connectivity index (χ0v) is 11.7. The van der Waals surface area contributed by atoms with Gasteiger partial charge in [0, 0.05) is 39.3 Å². The lowest BCUT2D eigenvalue weighted by atomic mass is 10.1. The first-order valence-electron chi connectivity index (χ1n) is 6.86. The standard InChI is InChI=1S/C14H21F2N3O/c1-17-10-11-8-12(15)14(13(16)9-11)19-4-2-18(3-5-19)6-7-20/h8-9,17,20H,2-7,10H2,1H3. The fraction of sp³-hybridized carbons (Fsp3) is 0.571. The summed E-state index contributed by atoms with van der Waals surface area (Å²) in [5.41, 5.74) is 0.665. The van der Waals surface area contributed by atoms with Crippen molar-refractivity contribution in [2.75, 3.05) is 51.3 Å². The van der Waals surface area contributed by atoms with E-state index in [9.17, 15) is 8.78 Å². The summed E-state index contributed by atoms with van der Waals surface area (Å²) in [7, 11) is 1.74. The molecule has 1 aliphatic heterocycles. The molecule has 0 saturated carbocycles. The number of piperazine rings is 1. The molecule has 0 atom stereocenters. The van der Waals surface area contributed by atoms with Crippen LogP contribution in [0.2, 0.25) is 0 Å². The Balaban J connectivity index is 2.10. The number of rotatable bonds is 5. The number of aliphatic hydroxyl groups excluding tert-OH is 1. The van der Waals surface area contributed by atoms with Crippen LogP contribution in [0.1, 0.15) is 5.56 Å². The van der Waals surface area contributed by atoms with Gasteiger partial charge in [-0.25, -0.2) is 8.78 Å². The smallest absolute Gasteiger partial charge is 0.149 e. The van der Waals surface area contributed by atoms with Crippen molar-refractivity contribution in [1.82, 2.24) is 10.2 Å². The predicted octanol–water partition coefficient (Wildman–Crippen LogP) is 0.798. The third-order valence-corrected chi connectivity index (χ3v) is 3.56. The van der Waals surface area contributed by atoms with Crippen molar-refractivity contribution >= 4 is 5.69 Å². The van der Waals surface area contributed by atoms with Crippen molar-refractivity contribution in [3.05, 3.63) is 29.3 Å². The topological polar surface area (TPSA) is 38.7 Å². The Morgan fingerprint density at radius 2 is 1.75 bits per heavy atom. The first kappa shape index (κ1) is 15.2. The molecule has 2 N–H and O–H groups in total. The van der Waals surface area contributed by atoms with Gasteiger partial charge in [-0.1, -0.05) is 0 Å². The lowest BCUT2D eigenvalue weighted by molar-refractivity contribution is 0.188. The van der Waals surface area contributed by atoms with Crippen molar-refractivity contribution in [2.24, 2.45) is 0 Å². The van der Waals surface area contributed by atoms with Gasteiger partial charge in [0.05, 0.1) is 6.61 Å². The summed E-state index contributed by atoms with van der Waals surface area (Å²) in [5, 5.41) is 11.8. The van der Waals surface area contributed by atoms with Gasteiger partial charge in [0.2, 0.25) is 0 Å². The van der Waals surface area contributed by atoms with Crippen LogP contribution in [-0.2, 0) is 6.54 Å². The second-order valence-electron chi connectivity index (χ2n) is 4.99. The number of anilines is 1. The van der Waals surface area contributed by atoms with Gasteiger partial charge in [-0.3, -0.25) is 4.90 Å². The minimum Gasteiger partial charge on any atom is -0.395 e. The molecule has 6 heteroatoms. The van der Waals surface area contributed by atoms with Crippen molar-refractivity contribution < 1.29 is 13.9 Å². The Morgan fingerprint density at radius 3 is 2.25 bits per heavy atom. The SMILES string of the molecule is CNCc1cc(F)c(N2CCN(CCO)CC2)c(F)c1. The van der Waals surface area contributed by atoms with Gasteiger partial charge in [0.1, 0.15) is 17.3 Å². The van der Waals surface area contributed by atoms with E-state index in [1.54, 1.807) is 11.9 Å². The summed E-state index contributed by atoms with van der Waals surface area (Å²) in [6.45, 7) is 3.72. The van der Waals surface area contributed by atoms with E-state index in [0.717, 1.165) is 0 Å². The van der Waals surface area contributed by atoms with E-state index >= 15 is 0 Å². The molecule has 2 rings (SSSR count). The Kier molecular flexibility index (Phi) is 5.28. The van der Waals surface area contributed by atoms with E-state index in [4.69, 9.17) is 5.11 Å². The van der Waals surface area contributed by atoms with E-state index < -0.39 is 11.6 Å². The third kappa shape index (κ3) is 3.45. The maximum absolute atomic E-state index is 14.1. The molecule has 0 unspecified atom stereocenters. The molecule has 0 aliphatic carbocycles. The predicted molar refractivity (Wildman–Crippen MR) is 74.9 cm³/mol. The van der Waals surface area contributed by atoms with Crippen molar-refractivity contribution in [1.29, 1.82) is 0 Å². The molecule has 1 fully saturated rings. The summed E-state index contributed by atoms with van der Waals surface area (Å²) in [5.74, 6) is -1.02. The van der Waals surface area contributed by atoms with Crippen molar-refractivity contribution in [3.8, 4) is 0 Å². The van der Waals surface area contributed by atoms with Crippen LogP contribution in [0.5, 0.6) is 0 Å². The van der Waals surface area contributed by atoms with Gasteiger partial charge in [-0.2, -0.15) is 0 Å². The maximum atomic E-state index is 14.1. The Labute approximate surface area is 118 Å². The van der Waals surface area contributed by atoms with Crippen molar-refractivity contribution in [2.45, 2.75) is 6.54 Å². The monoisotopic (exact) mass is 285 g/mol. The molecule has 0 radical (unpaired) electrons. The molecule has 1 aromatic carbocycles. The molecule has 112 valence electrons. The van der Waals surface area contributed by atoms with E-state index in [2.05, 4.69) is 10.2 Å². The average Bonchev–Trinajstić information content (AvgIpc) is 2.40. The first-order valence-corrected chi connectivity index (χ1v) is 6.86. The van der Waals surface area contributed by atoms with Crippen LogP contribution in [0.3, 0.4) is 0 Å². The quantitative estimate of drug-likeness (QED) is 0.839. The molecule has 1 heterocycles. The maximum Gasteiger partial charge on any atom is 0.149 e. The van der Waals surface area contributed by atoms with E-state index in [-0.39, 0.29) is 12.3 Å². The van der Waals surface area contributed by atoms with Gasteiger partial charge < -0.3 is 15.3 Å². The normalized spacial score (nSPS) is 16.7. The fourth-order valence-corrected chi connectivity index (χ4v) is 2.56. The van der Waals surface area contributed by atoms with Crippen molar-refractivity contribution in [3.63, 3.8) is 0 Å². The summed E-state index contributed by atoms with van der Waals surface area (Å²) < 4.78 is 28.2. The second kappa shape index (κ2) is 6.97. The van der Waals surface area contributed by atoms with Gasteiger partial charge in [-0.05, 0) is 24.7 Å². The molecule has 0 spiro atoms. The molecule has 1 aromatic rings. The van der Waals surface area contributed by atoms with Gasteiger partial charge >= 0.3 is 0 Å². The van der Waals surface area contributed by atoms with Gasteiger partial charge in [0.25, 0.3) is 0 Å². The first-order chi connectivity index (χ1) is 9.65. The average molecular weight is 285 g/mol. The van der Waals surface area contributed by atoms with Crippen LogP contribution in [0.4, 0.5) is 14.5 Å². The van der Waals surface area contributed by atoms with Crippen LogP contribution < -0.4 is 10.2 Å². The summed E-state index contributed by atoms with van der Waals surface area (Å²) in [4.78, 5) is 3.82. The van der Waals surface area contributed by atoms with E-state index in [1.165, 1.54) is 12.1 Å². The van der Waals surface area contributed by atoms with Crippen LogP contribution in [-0.4, -0.2) is 56.4 Å². The zero-order valence-electron chi connectivity index (χ0n) is 11.7. The summed E-state index contributed by atoms with van der Waals surface area (Å²) >= 11 is 0. The van der Waals surface area contributed by atoms with E-state index in [0.29, 0.717) is 44.8 Å². The third-order valence-electron chi connectivity index (χ3n) is 3.56. The molecular formula is C14H21F2N3O. The molecule has 1 aliphatic rings. The zero-order chi connectivity index (χ0) is 14.5. The Morgan fingerprint density at radius 1 is 1.15 bits per heavy atom. The highest BCUT2D eigenvalue weighted by Crippen LogP contribution is 2.26. The lowest BCUT2D eigenvalue weighted by Gasteiger charge is -2.36. The van der Waals surface area contributed by atoms with Crippen LogP contribution in [0, 0.1) is 11.6 Å². The summed E-state index contributed by atoms with van der Waals surface area (Å²) in [6.07, 6.45) is 0. The van der Waals surface area contributed by atoms with Crippen LogP contribution >= 0.6 is 0 Å². The second-order valence-corrected chi connectivity index (χ2v) is 4.99. The number of nitrogens with one attached hydrogen (secondary N) is 1. The molecule has 0 aromatic heterocycles. The van der Waals surface area contributed by atoms with Gasteiger partial charge in [0.15, 0.2) is 0 Å². The highest BCUT2D eigenvalue weighted by atomic mass is 19.1. The minimum absolute atomic E-state index is 0.0634. The molecule has 20 heavy (non-hydrogen) atoms. The number of hydrogen-bond donors (Lipinski definition) is 2. The van der Waals surface area contributed by atoms with Gasteiger partial charge in [-0.15, -0.1) is 0 Å². The Bertz CT molecular complexity index is 425. The number of aliphatic hydroxyl groups is 1. The number of nitrogens with zero attached hydrogens (tertiary/aromatic N) is 2. The largest absolute Gasteiger partial charge is 0.395 e. The highest BCUT2D eigenvalue weighted by Gasteiger charge is 2.22. The Hall–Kier alpha value is -1.24. The lowest BCUT2D eigenvalue weighted by Crippen LogP contribution is -2.47. The molecule has 0 amide bonds. The molecular weight excluding hydrogens is 264 g/mol. The molecule has 1 saturated heterocycles. The van der Waals surface area contributed by atoms with E-state index in [1.807, 2.05) is 0 Å². The molecule has 4 nitrogen and oxygen atoms in total. The number of benzene rings is 1. The minimum atomic E-state index is -0.508. The number of hydrogen-bond acceptors (Lipinski definition) is 4.